The highest BCUT2D eigenvalue weighted by Crippen LogP contribution is 2.40. The van der Waals surface area contributed by atoms with E-state index >= 15 is 0 Å². The van der Waals surface area contributed by atoms with E-state index in [-0.39, 0.29) is 17.2 Å². The van der Waals surface area contributed by atoms with E-state index in [1.54, 1.807) is 24.4 Å². The first kappa shape index (κ1) is 13.8. The quantitative estimate of drug-likeness (QED) is 0.466. The van der Waals surface area contributed by atoms with Gasteiger partial charge in [-0.1, -0.05) is 6.07 Å². The van der Waals surface area contributed by atoms with Crippen molar-refractivity contribution in [2.24, 2.45) is 0 Å². The maximum absolute atomic E-state index is 12.4. The Morgan fingerprint density at radius 1 is 1.50 bits per heavy atom. The maximum Gasteiger partial charge on any atom is 0.249 e. The lowest BCUT2D eigenvalue weighted by molar-refractivity contribution is -0.138. The van der Waals surface area contributed by atoms with Crippen LogP contribution in [0.1, 0.15) is 16.6 Å². The van der Waals surface area contributed by atoms with E-state index in [1.165, 1.54) is 11.3 Å². The minimum atomic E-state index is -3.52. The van der Waals surface area contributed by atoms with Gasteiger partial charge in [-0.25, -0.2) is 8.42 Å². The van der Waals surface area contributed by atoms with Crippen molar-refractivity contribution in [1.82, 2.24) is 4.90 Å². The number of amides is 1. The molecule has 3 heterocycles. The SMILES string of the molecule is CC1=C(C(=O)c2cccs2)N2C(=O)[C@H](Cl)[C@H]2S(=O)(=O)C1. The summed E-state index contributed by atoms with van der Waals surface area (Å²) in [6.45, 7) is 1.56. The van der Waals surface area contributed by atoms with Crippen molar-refractivity contribution >= 4 is 44.5 Å². The number of hydrogen-bond acceptors (Lipinski definition) is 5. The van der Waals surface area contributed by atoms with E-state index in [0.29, 0.717) is 10.5 Å². The second kappa shape index (κ2) is 4.41. The number of thiophene rings is 1. The van der Waals surface area contributed by atoms with Gasteiger partial charge in [0, 0.05) is 0 Å². The molecule has 106 valence electrons. The molecule has 0 radical (unpaired) electrons. The summed E-state index contributed by atoms with van der Waals surface area (Å²) in [5, 5.41) is -0.457. The third-order valence-electron chi connectivity index (χ3n) is 3.37. The Morgan fingerprint density at radius 2 is 2.20 bits per heavy atom. The standard InChI is InChI=1S/C12H10ClNO4S2/c1-6-5-20(17,18)12-8(13)11(16)14(12)9(6)10(15)7-3-2-4-19-7/h2-4,8,12H,5H2,1H3/t8-,12+/m0/s1. The van der Waals surface area contributed by atoms with Gasteiger partial charge in [0.1, 0.15) is 5.38 Å². The van der Waals surface area contributed by atoms with Crippen LogP contribution >= 0.6 is 22.9 Å². The zero-order valence-corrected chi connectivity index (χ0v) is 12.8. The molecule has 1 aromatic rings. The van der Waals surface area contributed by atoms with Gasteiger partial charge in [0.15, 0.2) is 15.2 Å². The summed E-state index contributed by atoms with van der Waals surface area (Å²) in [6, 6.07) is 3.38. The van der Waals surface area contributed by atoms with Crippen molar-refractivity contribution in [2.45, 2.75) is 17.7 Å². The van der Waals surface area contributed by atoms with E-state index in [2.05, 4.69) is 0 Å². The highest BCUT2D eigenvalue weighted by Gasteiger charge is 2.58. The van der Waals surface area contributed by atoms with E-state index in [0.717, 1.165) is 4.90 Å². The zero-order chi connectivity index (χ0) is 14.7. The van der Waals surface area contributed by atoms with Gasteiger partial charge in [0.05, 0.1) is 16.3 Å². The van der Waals surface area contributed by atoms with Crippen LogP contribution in [-0.4, -0.2) is 41.5 Å². The summed E-state index contributed by atoms with van der Waals surface area (Å²) in [6.07, 6.45) is 0. The van der Waals surface area contributed by atoms with Crippen molar-refractivity contribution in [2.75, 3.05) is 5.75 Å². The van der Waals surface area contributed by atoms with Gasteiger partial charge in [0.25, 0.3) is 0 Å². The molecule has 1 amide bonds. The number of Topliss-reactive ketones (excluding diaryl/α,β-unsaturated/α-hetero) is 1. The van der Waals surface area contributed by atoms with Crippen molar-refractivity contribution in [1.29, 1.82) is 0 Å². The molecule has 0 bridgehead atoms. The van der Waals surface area contributed by atoms with Crippen molar-refractivity contribution in [3.63, 3.8) is 0 Å². The number of carbonyl (C=O) groups excluding carboxylic acids is 2. The van der Waals surface area contributed by atoms with Gasteiger partial charge in [-0.3, -0.25) is 14.5 Å². The molecule has 1 saturated heterocycles. The molecule has 2 atom stereocenters. The summed E-state index contributed by atoms with van der Waals surface area (Å²) in [4.78, 5) is 25.8. The Labute approximate surface area is 124 Å². The lowest BCUT2D eigenvalue weighted by atomic mass is 10.0. The molecular formula is C12H10ClNO4S2. The summed E-state index contributed by atoms with van der Waals surface area (Å²) < 4.78 is 24.1. The zero-order valence-electron chi connectivity index (χ0n) is 10.4. The molecule has 8 heteroatoms. The Kier molecular flexibility index (Phi) is 3.04. The fraction of sp³-hybridized carbons (Fsp3) is 0.333. The highest BCUT2D eigenvalue weighted by atomic mass is 35.5. The Morgan fingerprint density at radius 3 is 2.80 bits per heavy atom. The second-order valence-corrected chi connectivity index (χ2v) is 8.26. The predicted molar refractivity (Wildman–Crippen MR) is 75.4 cm³/mol. The lowest BCUT2D eigenvalue weighted by Gasteiger charge is -2.47. The smallest absolute Gasteiger partial charge is 0.249 e. The Bertz CT molecular complexity index is 736. The largest absolute Gasteiger partial charge is 0.287 e. The minimum Gasteiger partial charge on any atom is -0.287 e. The summed E-state index contributed by atoms with van der Waals surface area (Å²) in [5.41, 5.74) is 0.547. The molecule has 0 N–H and O–H groups in total. The number of rotatable bonds is 2. The van der Waals surface area contributed by atoms with Crippen LogP contribution in [0.25, 0.3) is 0 Å². The Hall–Kier alpha value is -1.18. The van der Waals surface area contributed by atoms with Crippen LogP contribution in [0.15, 0.2) is 28.8 Å². The van der Waals surface area contributed by atoms with Crippen molar-refractivity contribution < 1.29 is 18.0 Å². The van der Waals surface area contributed by atoms with Gasteiger partial charge in [-0.05, 0) is 23.9 Å². The molecule has 1 aromatic heterocycles. The average Bonchev–Trinajstić information content (AvgIpc) is 2.89. The molecular weight excluding hydrogens is 322 g/mol. The molecule has 5 nitrogen and oxygen atoms in total. The van der Waals surface area contributed by atoms with Gasteiger partial charge in [-0.2, -0.15) is 0 Å². The minimum absolute atomic E-state index is 0.161. The molecule has 0 aliphatic carbocycles. The number of nitrogens with zero attached hydrogens (tertiary/aromatic N) is 1. The highest BCUT2D eigenvalue weighted by molar-refractivity contribution is 7.92. The first-order chi connectivity index (χ1) is 9.34. The van der Waals surface area contributed by atoms with Crippen molar-refractivity contribution in [3.05, 3.63) is 33.7 Å². The first-order valence-corrected chi connectivity index (χ1v) is 8.84. The molecule has 20 heavy (non-hydrogen) atoms. The number of fused-ring (bicyclic) bond motifs is 1. The molecule has 2 aliphatic rings. The Balaban J connectivity index is 2.10. The predicted octanol–water partition coefficient (Wildman–Crippen LogP) is 1.41. The summed E-state index contributed by atoms with van der Waals surface area (Å²) in [7, 11) is -3.52. The van der Waals surface area contributed by atoms with Gasteiger partial charge in [-0.15, -0.1) is 22.9 Å². The summed E-state index contributed by atoms with van der Waals surface area (Å²) >= 11 is 7.05. The van der Waals surface area contributed by atoms with Crippen LogP contribution in [-0.2, 0) is 14.6 Å². The first-order valence-electron chi connectivity index (χ1n) is 5.81. The number of alkyl halides is 1. The lowest BCUT2D eigenvalue weighted by Crippen LogP contribution is -2.67. The van der Waals surface area contributed by atoms with Gasteiger partial charge in [0.2, 0.25) is 11.7 Å². The van der Waals surface area contributed by atoms with Crippen LogP contribution in [0, 0.1) is 0 Å². The maximum atomic E-state index is 12.4. The van der Waals surface area contributed by atoms with E-state index < -0.39 is 26.5 Å². The number of β-lactam (4-membered cyclic amide) rings is 1. The molecule has 0 spiro atoms. The number of sulfone groups is 1. The summed E-state index contributed by atoms with van der Waals surface area (Å²) in [5.74, 6) is -1.09. The van der Waals surface area contributed by atoms with Crippen LogP contribution in [0.5, 0.6) is 0 Å². The molecule has 2 aliphatic heterocycles. The topological polar surface area (TPSA) is 71.5 Å². The van der Waals surface area contributed by atoms with Crippen LogP contribution in [0.2, 0.25) is 0 Å². The van der Waals surface area contributed by atoms with Crippen LogP contribution < -0.4 is 0 Å². The van der Waals surface area contributed by atoms with Gasteiger partial charge < -0.3 is 0 Å². The van der Waals surface area contributed by atoms with E-state index in [4.69, 9.17) is 11.6 Å². The second-order valence-electron chi connectivity index (χ2n) is 4.74. The fourth-order valence-corrected chi connectivity index (χ4v) is 5.77. The van der Waals surface area contributed by atoms with Crippen LogP contribution in [0.3, 0.4) is 0 Å². The fourth-order valence-electron chi connectivity index (χ4n) is 2.50. The molecule has 0 aromatic carbocycles. The number of halogens is 1. The molecule has 0 unspecified atom stereocenters. The average molecular weight is 332 g/mol. The normalized spacial score (nSPS) is 28.1. The molecule has 1 fully saturated rings. The van der Waals surface area contributed by atoms with Crippen molar-refractivity contribution in [3.8, 4) is 0 Å². The van der Waals surface area contributed by atoms with Gasteiger partial charge >= 0.3 is 0 Å². The third kappa shape index (κ3) is 1.77. The van der Waals surface area contributed by atoms with E-state index in [9.17, 15) is 18.0 Å². The monoisotopic (exact) mass is 331 g/mol. The molecule has 3 rings (SSSR count). The van der Waals surface area contributed by atoms with Crippen LogP contribution in [0.4, 0.5) is 0 Å². The van der Waals surface area contributed by atoms with E-state index in [1.807, 2.05) is 0 Å². The molecule has 0 saturated carbocycles. The number of allylic oxidation sites excluding steroid dienone is 1. The number of ketones is 1. The third-order valence-corrected chi connectivity index (χ3v) is 6.87. The number of hydrogen-bond donors (Lipinski definition) is 0. The number of carbonyl (C=O) groups is 2.